The smallest absolute Gasteiger partial charge is 0.262 e. The number of aryl methyl sites for hydroxylation is 1. The molecule has 0 spiro atoms. The Morgan fingerprint density at radius 2 is 2.09 bits per heavy atom. The fourth-order valence-corrected chi connectivity index (χ4v) is 2.84. The minimum atomic E-state index is -0.384. The summed E-state index contributed by atoms with van der Waals surface area (Å²) in [7, 11) is 0. The second kappa shape index (κ2) is 5.86. The van der Waals surface area contributed by atoms with Gasteiger partial charge in [-0.15, -0.1) is 11.3 Å². The number of carbonyl (C=O) groups is 1. The van der Waals surface area contributed by atoms with Crippen molar-refractivity contribution in [3.63, 3.8) is 0 Å². The van der Waals surface area contributed by atoms with Crippen molar-refractivity contribution in [1.82, 2.24) is 14.8 Å². The van der Waals surface area contributed by atoms with E-state index in [0.29, 0.717) is 16.5 Å². The van der Waals surface area contributed by atoms with Crippen molar-refractivity contribution in [2.75, 3.05) is 5.32 Å². The van der Waals surface area contributed by atoms with Crippen molar-refractivity contribution < 1.29 is 9.18 Å². The second-order valence-corrected chi connectivity index (χ2v) is 5.68. The SMILES string of the molecule is Cc1nn(-c2ccc(F)cc2)c(Cl)c1C(=O)Nc1nccs1. The molecule has 3 aromatic rings. The van der Waals surface area contributed by atoms with Crippen LogP contribution in [0.3, 0.4) is 0 Å². The van der Waals surface area contributed by atoms with Gasteiger partial charge in [-0.2, -0.15) is 5.10 Å². The van der Waals surface area contributed by atoms with Crippen molar-refractivity contribution in [3.8, 4) is 5.69 Å². The number of nitrogens with one attached hydrogen (secondary N) is 1. The molecule has 5 nitrogen and oxygen atoms in total. The zero-order valence-electron chi connectivity index (χ0n) is 11.4. The molecule has 0 fully saturated rings. The summed E-state index contributed by atoms with van der Waals surface area (Å²) in [5.74, 6) is -0.740. The van der Waals surface area contributed by atoms with Crippen LogP contribution in [0.5, 0.6) is 0 Å². The molecule has 0 unspecified atom stereocenters. The van der Waals surface area contributed by atoms with Crippen molar-refractivity contribution in [1.29, 1.82) is 0 Å². The van der Waals surface area contributed by atoms with Crippen LogP contribution < -0.4 is 5.32 Å². The third-order valence-corrected chi connectivity index (χ3v) is 3.99. The summed E-state index contributed by atoms with van der Waals surface area (Å²) in [6.45, 7) is 1.68. The Kier molecular flexibility index (Phi) is 3.91. The Morgan fingerprint density at radius 1 is 1.36 bits per heavy atom. The van der Waals surface area contributed by atoms with Gasteiger partial charge in [-0.25, -0.2) is 14.1 Å². The molecule has 1 aromatic carbocycles. The summed E-state index contributed by atoms with van der Waals surface area (Å²) in [6.07, 6.45) is 1.59. The van der Waals surface area contributed by atoms with Crippen molar-refractivity contribution >= 4 is 34.0 Å². The monoisotopic (exact) mass is 336 g/mol. The molecule has 0 saturated carbocycles. The van der Waals surface area contributed by atoms with Gasteiger partial charge in [0.2, 0.25) is 0 Å². The van der Waals surface area contributed by atoms with Gasteiger partial charge in [-0.1, -0.05) is 11.6 Å². The van der Waals surface area contributed by atoms with Crippen LogP contribution in [0.1, 0.15) is 16.1 Å². The Labute approximate surface area is 134 Å². The van der Waals surface area contributed by atoms with Crippen LogP contribution in [0.25, 0.3) is 5.69 Å². The van der Waals surface area contributed by atoms with E-state index in [9.17, 15) is 9.18 Å². The number of nitrogens with zero attached hydrogens (tertiary/aromatic N) is 3. The maximum atomic E-state index is 13.0. The summed E-state index contributed by atoms with van der Waals surface area (Å²) in [5, 5.41) is 9.31. The van der Waals surface area contributed by atoms with Gasteiger partial charge >= 0.3 is 0 Å². The molecule has 0 radical (unpaired) electrons. The van der Waals surface area contributed by atoms with Gasteiger partial charge in [0.1, 0.15) is 16.5 Å². The highest BCUT2D eigenvalue weighted by molar-refractivity contribution is 7.13. The van der Waals surface area contributed by atoms with E-state index in [2.05, 4.69) is 15.4 Å². The lowest BCUT2D eigenvalue weighted by Gasteiger charge is -2.04. The number of anilines is 1. The average molecular weight is 337 g/mol. The van der Waals surface area contributed by atoms with Gasteiger partial charge < -0.3 is 0 Å². The molecule has 0 aliphatic rings. The lowest BCUT2D eigenvalue weighted by Crippen LogP contribution is -2.12. The van der Waals surface area contributed by atoms with E-state index in [1.54, 1.807) is 18.5 Å². The molecule has 8 heteroatoms. The molecule has 1 amide bonds. The maximum Gasteiger partial charge on any atom is 0.262 e. The molecule has 1 N–H and O–H groups in total. The molecule has 0 bridgehead atoms. The van der Waals surface area contributed by atoms with E-state index in [1.165, 1.54) is 40.3 Å². The number of rotatable bonds is 3. The third kappa shape index (κ3) is 2.72. The standard InChI is InChI=1S/C14H10ClFN4OS/c1-8-11(13(21)18-14-17-6-7-22-14)12(15)20(19-8)10-4-2-9(16)3-5-10/h2-7H,1H3,(H,17,18,21). The van der Waals surface area contributed by atoms with Gasteiger partial charge in [-0.05, 0) is 31.2 Å². The van der Waals surface area contributed by atoms with Crippen LogP contribution in [-0.4, -0.2) is 20.7 Å². The van der Waals surface area contributed by atoms with Gasteiger partial charge in [0.15, 0.2) is 5.13 Å². The molecule has 0 saturated heterocycles. The first-order chi connectivity index (χ1) is 10.6. The third-order valence-electron chi connectivity index (χ3n) is 2.96. The highest BCUT2D eigenvalue weighted by Crippen LogP contribution is 2.25. The maximum absolute atomic E-state index is 13.0. The fraction of sp³-hybridized carbons (Fsp3) is 0.0714. The van der Waals surface area contributed by atoms with Gasteiger partial charge in [0, 0.05) is 11.6 Å². The average Bonchev–Trinajstić information content (AvgIpc) is 3.08. The van der Waals surface area contributed by atoms with Gasteiger partial charge in [-0.3, -0.25) is 10.1 Å². The number of hydrogen-bond acceptors (Lipinski definition) is 4. The van der Waals surface area contributed by atoms with Crippen LogP contribution in [0.4, 0.5) is 9.52 Å². The molecular formula is C14H10ClFN4OS. The van der Waals surface area contributed by atoms with Gasteiger partial charge in [0.25, 0.3) is 5.91 Å². The van der Waals surface area contributed by atoms with E-state index in [0.717, 1.165) is 0 Å². The van der Waals surface area contributed by atoms with E-state index in [4.69, 9.17) is 11.6 Å². The van der Waals surface area contributed by atoms with Crippen LogP contribution >= 0.6 is 22.9 Å². The van der Waals surface area contributed by atoms with Crippen molar-refractivity contribution in [2.24, 2.45) is 0 Å². The summed E-state index contributed by atoms with van der Waals surface area (Å²) in [6, 6.07) is 5.68. The van der Waals surface area contributed by atoms with E-state index >= 15 is 0 Å². The summed E-state index contributed by atoms with van der Waals surface area (Å²) < 4.78 is 14.4. The molecule has 112 valence electrons. The Bertz CT molecular complexity index is 814. The Hall–Kier alpha value is -2.25. The largest absolute Gasteiger partial charge is 0.298 e. The highest BCUT2D eigenvalue weighted by Gasteiger charge is 2.21. The van der Waals surface area contributed by atoms with Crippen LogP contribution in [0.2, 0.25) is 5.15 Å². The molecule has 0 aliphatic carbocycles. The number of carbonyl (C=O) groups excluding carboxylic acids is 1. The number of halogens is 2. The number of benzene rings is 1. The number of thiazole rings is 1. The summed E-state index contributed by atoms with van der Waals surface area (Å²) in [4.78, 5) is 16.3. The lowest BCUT2D eigenvalue weighted by molar-refractivity contribution is 0.102. The first-order valence-corrected chi connectivity index (χ1v) is 7.54. The molecule has 0 atom stereocenters. The molecule has 3 rings (SSSR count). The summed E-state index contributed by atoms with van der Waals surface area (Å²) in [5.41, 5.74) is 1.31. The first-order valence-electron chi connectivity index (χ1n) is 6.28. The van der Waals surface area contributed by atoms with Crippen LogP contribution in [-0.2, 0) is 0 Å². The summed E-state index contributed by atoms with van der Waals surface area (Å²) >= 11 is 7.58. The molecule has 0 aliphatic heterocycles. The second-order valence-electron chi connectivity index (χ2n) is 4.43. The van der Waals surface area contributed by atoms with Gasteiger partial charge in [0.05, 0.1) is 11.4 Å². The minimum absolute atomic E-state index is 0.165. The van der Waals surface area contributed by atoms with E-state index in [1.807, 2.05) is 0 Å². The highest BCUT2D eigenvalue weighted by atomic mass is 35.5. The number of aromatic nitrogens is 3. The molecule has 22 heavy (non-hydrogen) atoms. The zero-order valence-corrected chi connectivity index (χ0v) is 13.0. The van der Waals surface area contributed by atoms with E-state index in [-0.39, 0.29) is 22.4 Å². The van der Waals surface area contributed by atoms with E-state index < -0.39 is 0 Å². The quantitative estimate of drug-likeness (QED) is 0.793. The lowest BCUT2D eigenvalue weighted by atomic mass is 10.2. The predicted octanol–water partition coefficient (Wildman–Crippen LogP) is 3.68. The zero-order chi connectivity index (χ0) is 15.7. The Balaban J connectivity index is 1.96. The number of amides is 1. The molecular weight excluding hydrogens is 327 g/mol. The van der Waals surface area contributed by atoms with Crippen LogP contribution in [0.15, 0.2) is 35.8 Å². The predicted molar refractivity (Wildman–Crippen MR) is 83.3 cm³/mol. The normalized spacial score (nSPS) is 10.7. The first kappa shape index (κ1) is 14.7. The number of hydrogen-bond donors (Lipinski definition) is 1. The molecule has 2 aromatic heterocycles. The van der Waals surface area contributed by atoms with Crippen LogP contribution in [0, 0.1) is 12.7 Å². The minimum Gasteiger partial charge on any atom is -0.298 e. The van der Waals surface area contributed by atoms with Crippen molar-refractivity contribution in [2.45, 2.75) is 6.92 Å². The molecule has 2 heterocycles. The Morgan fingerprint density at radius 3 is 2.73 bits per heavy atom. The topological polar surface area (TPSA) is 59.8 Å². The van der Waals surface area contributed by atoms with Crippen molar-refractivity contribution in [3.05, 3.63) is 58.1 Å². The fourth-order valence-electron chi connectivity index (χ4n) is 1.96.